The number of hydrogen-bond donors (Lipinski definition) is 3. The van der Waals surface area contributed by atoms with Crippen LogP contribution in [0.1, 0.15) is 33.1 Å². The smallest absolute Gasteiger partial charge is 0.326 e. The molecule has 0 aliphatic carbocycles. The first-order valence-corrected chi connectivity index (χ1v) is 6.25. The van der Waals surface area contributed by atoms with Gasteiger partial charge in [0, 0.05) is 13.2 Å². The molecular weight excluding hydrogens is 236 g/mol. The molecule has 18 heavy (non-hydrogen) atoms. The molecule has 0 radical (unpaired) electrons. The first-order chi connectivity index (χ1) is 8.35. The van der Waals surface area contributed by atoms with Crippen molar-refractivity contribution in [1.82, 2.24) is 5.32 Å². The summed E-state index contributed by atoms with van der Waals surface area (Å²) in [6.07, 6.45) is 1.24. The molecule has 6 heteroatoms. The molecule has 0 aromatic heterocycles. The molecule has 1 saturated heterocycles. The number of nitrogens with two attached hydrogens (primary N) is 1. The molecule has 6 nitrogen and oxygen atoms in total. The van der Waals surface area contributed by atoms with E-state index in [2.05, 4.69) is 5.32 Å². The third kappa shape index (κ3) is 3.96. The van der Waals surface area contributed by atoms with Crippen LogP contribution in [0.3, 0.4) is 0 Å². The van der Waals surface area contributed by atoms with Crippen LogP contribution >= 0.6 is 0 Å². The zero-order chi connectivity index (χ0) is 13.8. The molecule has 0 spiro atoms. The summed E-state index contributed by atoms with van der Waals surface area (Å²) in [5, 5.41) is 11.6. The molecule has 1 heterocycles. The molecule has 0 bridgehead atoms. The highest BCUT2D eigenvalue weighted by Crippen LogP contribution is 2.18. The molecule has 1 aliphatic rings. The predicted octanol–water partition coefficient (Wildman–Crippen LogP) is 0.110. The van der Waals surface area contributed by atoms with E-state index in [1.54, 1.807) is 0 Å². The van der Waals surface area contributed by atoms with E-state index in [-0.39, 0.29) is 11.8 Å². The normalized spacial score (nSPS) is 20.4. The lowest BCUT2D eigenvalue weighted by atomic mass is 9.89. The van der Waals surface area contributed by atoms with E-state index >= 15 is 0 Å². The van der Waals surface area contributed by atoms with E-state index in [1.165, 1.54) is 0 Å². The molecule has 1 atom stereocenters. The number of ether oxygens (including phenoxy) is 1. The molecule has 104 valence electrons. The third-order valence-corrected chi connectivity index (χ3v) is 3.15. The maximum absolute atomic E-state index is 12.1. The highest BCUT2D eigenvalue weighted by Gasteiger charge is 2.37. The Morgan fingerprint density at radius 3 is 2.39 bits per heavy atom. The Morgan fingerprint density at radius 1 is 1.39 bits per heavy atom. The minimum atomic E-state index is -1.02. The summed E-state index contributed by atoms with van der Waals surface area (Å²) in [5.74, 6) is -1.22. The minimum absolute atomic E-state index is 0.190. The van der Waals surface area contributed by atoms with Crippen molar-refractivity contribution in [2.45, 2.75) is 44.7 Å². The summed E-state index contributed by atoms with van der Waals surface area (Å²) in [4.78, 5) is 23.1. The zero-order valence-electron chi connectivity index (χ0n) is 10.9. The van der Waals surface area contributed by atoms with Crippen LogP contribution in [0.2, 0.25) is 0 Å². The van der Waals surface area contributed by atoms with Gasteiger partial charge in [0.2, 0.25) is 5.91 Å². The highest BCUT2D eigenvalue weighted by atomic mass is 16.5. The number of hydrogen-bond acceptors (Lipinski definition) is 4. The number of aliphatic carboxylic acids is 1. The van der Waals surface area contributed by atoms with Crippen molar-refractivity contribution in [3.63, 3.8) is 0 Å². The van der Waals surface area contributed by atoms with E-state index < -0.39 is 17.6 Å². The predicted molar refractivity (Wildman–Crippen MR) is 66.0 cm³/mol. The molecular formula is C12H22N2O4. The third-order valence-electron chi connectivity index (χ3n) is 3.15. The van der Waals surface area contributed by atoms with Gasteiger partial charge in [-0.15, -0.1) is 0 Å². The van der Waals surface area contributed by atoms with Gasteiger partial charge in [0.05, 0.1) is 5.54 Å². The molecule has 0 aromatic rings. The first-order valence-electron chi connectivity index (χ1n) is 6.25. The van der Waals surface area contributed by atoms with Gasteiger partial charge in [-0.1, -0.05) is 13.8 Å². The average Bonchev–Trinajstić information content (AvgIpc) is 2.28. The fraction of sp³-hybridized carbons (Fsp3) is 0.833. The molecule has 1 unspecified atom stereocenters. The standard InChI is InChI=1S/C12H22N2O4/c1-8(2)7-9(10(15)16)14-11(17)12(13)3-5-18-6-4-12/h8-9H,3-7,13H2,1-2H3,(H,14,17)(H,15,16). The average molecular weight is 258 g/mol. The van der Waals surface area contributed by atoms with E-state index in [9.17, 15) is 9.59 Å². The van der Waals surface area contributed by atoms with Crippen LogP contribution in [-0.4, -0.2) is 41.8 Å². The zero-order valence-corrected chi connectivity index (χ0v) is 10.9. The van der Waals surface area contributed by atoms with Crippen LogP contribution in [0.4, 0.5) is 0 Å². The van der Waals surface area contributed by atoms with Gasteiger partial charge in [-0.3, -0.25) is 4.79 Å². The van der Waals surface area contributed by atoms with Gasteiger partial charge in [-0.05, 0) is 25.2 Å². The van der Waals surface area contributed by atoms with Gasteiger partial charge in [0.1, 0.15) is 6.04 Å². The number of carbonyl (C=O) groups excluding carboxylic acids is 1. The lowest BCUT2D eigenvalue weighted by Crippen LogP contribution is -2.59. The van der Waals surface area contributed by atoms with E-state index in [4.69, 9.17) is 15.6 Å². The van der Waals surface area contributed by atoms with Gasteiger partial charge >= 0.3 is 5.97 Å². The van der Waals surface area contributed by atoms with Gasteiger partial charge in [0.25, 0.3) is 0 Å². The van der Waals surface area contributed by atoms with Crippen molar-refractivity contribution in [2.24, 2.45) is 11.7 Å². The number of rotatable bonds is 5. The van der Waals surface area contributed by atoms with Crippen molar-refractivity contribution < 1.29 is 19.4 Å². The Hall–Kier alpha value is -1.14. The number of nitrogens with one attached hydrogen (secondary N) is 1. The van der Waals surface area contributed by atoms with Crippen molar-refractivity contribution in [1.29, 1.82) is 0 Å². The molecule has 1 aliphatic heterocycles. The highest BCUT2D eigenvalue weighted by molar-refractivity contribution is 5.90. The van der Waals surface area contributed by atoms with Crippen molar-refractivity contribution in [3.05, 3.63) is 0 Å². The maximum Gasteiger partial charge on any atom is 0.326 e. The minimum Gasteiger partial charge on any atom is -0.480 e. The van der Waals surface area contributed by atoms with Crippen LogP contribution in [0.15, 0.2) is 0 Å². The second kappa shape index (κ2) is 6.15. The molecule has 1 rings (SSSR count). The van der Waals surface area contributed by atoms with Crippen molar-refractivity contribution in [2.75, 3.05) is 13.2 Å². The lowest BCUT2D eigenvalue weighted by Gasteiger charge is -2.33. The van der Waals surface area contributed by atoms with Crippen LogP contribution in [0.25, 0.3) is 0 Å². The number of amides is 1. The van der Waals surface area contributed by atoms with Gasteiger partial charge in [-0.2, -0.15) is 0 Å². The Balaban J connectivity index is 2.62. The quantitative estimate of drug-likeness (QED) is 0.649. The summed E-state index contributed by atoms with van der Waals surface area (Å²) < 4.78 is 5.16. The molecule has 1 amide bonds. The monoisotopic (exact) mass is 258 g/mol. The molecule has 0 aromatic carbocycles. The summed E-state index contributed by atoms with van der Waals surface area (Å²) in [7, 11) is 0. The topological polar surface area (TPSA) is 102 Å². The Kier molecular flexibility index (Phi) is 5.10. The fourth-order valence-electron chi connectivity index (χ4n) is 1.96. The van der Waals surface area contributed by atoms with E-state index in [0.717, 1.165) is 0 Å². The first kappa shape index (κ1) is 14.9. The maximum atomic E-state index is 12.1. The van der Waals surface area contributed by atoms with Gasteiger partial charge in [0.15, 0.2) is 0 Å². The Labute approximate surface area is 107 Å². The molecule has 0 saturated carbocycles. The molecule has 4 N–H and O–H groups in total. The summed E-state index contributed by atoms with van der Waals surface area (Å²) >= 11 is 0. The number of carbonyl (C=O) groups is 2. The second-order valence-electron chi connectivity index (χ2n) is 5.26. The Bertz CT molecular complexity index is 311. The lowest BCUT2D eigenvalue weighted by molar-refractivity contribution is -0.144. The van der Waals surface area contributed by atoms with Crippen LogP contribution in [0, 0.1) is 5.92 Å². The summed E-state index contributed by atoms with van der Waals surface area (Å²) in [5.41, 5.74) is 5.00. The van der Waals surface area contributed by atoms with Crippen LogP contribution in [0.5, 0.6) is 0 Å². The van der Waals surface area contributed by atoms with Gasteiger partial charge < -0.3 is 20.9 Å². The fourth-order valence-corrected chi connectivity index (χ4v) is 1.96. The van der Waals surface area contributed by atoms with E-state index in [1.807, 2.05) is 13.8 Å². The van der Waals surface area contributed by atoms with Crippen LogP contribution < -0.4 is 11.1 Å². The Morgan fingerprint density at radius 2 is 1.94 bits per heavy atom. The summed E-state index contributed by atoms with van der Waals surface area (Å²) in [6.45, 7) is 4.70. The van der Waals surface area contributed by atoms with Gasteiger partial charge in [-0.25, -0.2) is 4.79 Å². The SMILES string of the molecule is CC(C)CC(NC(=O)C1(N)CCOCC1)C(=O)O. The van der Waals surface area contributed by atoms with Crippen molar-refractivity contribution >= 4 is 11.9 Å². The number of carboxylic acid groups (broad SMARTS) is 1. The van der Waals surface area contributed by atoms with E-state index in [0.29, 0.717) is 32.5 Å². The molecule has 1 fully saturated rings. The van der Waals surface area contributed by atoms with Crippen molar-refractivity contribution in [3.8, 4) is 0 Å². The number of carboxylic acids is 1. The second-order valence-corrected chi connectivity index (χ2v) is 5.26. The largest absolute Gasteiger partial charge is 0.480 e. The summed E-state index contributed by atoms with van der Waals surface area (Å²) in [6, 6.07) is -0.874. The van der Waals surface area contributed by atoms with Crippen LogP contribution in [-0.2, 0) is 14.3 Å².